The summed E-state index contributed by atoms with van der Waals surface area (Å²) in [7, 11) is 4.73. The van der Waals surface area contributed by atoms with Crippen molar-refractivity contribution in [2.75, 3.05) is 28.4 Å². The lowest BCUT2D eigenvalue weighted by Gasteiger charge is -2.31. The summed E-state index contributed by atoms with van der Waals surface area (Å²) in [6, 6.07) is 0. The van der Waals surface area contributed by atoms with Crippen molar-refractivity contribution in [2.24, 2.45) is 10.8 Å². The Morgan fingerprint density at radius 2 is 0.929 bits per heavy atom. The van der Waals surface area contributed by atoms with Gasteiger partial charge in [-0.2, -0.15) is 0 Å². The molecule has 0 bridgehead atoms. The summed E-state index contributed by atoms with van der Waals surface area (Å²) in [6.45, 7) is 0. The van der Waals surface area contributed by atoms with E-state index in [1.807, 2.05) is 0 Å². The number of esters is 4. The molecule has 1 rings (SSSR count). The summed E-state index contributed by atoms with van der Waals surface area (Å²) < 4.78 is 20.2. The Labute approximate surface area is 179 Å². The van der Waals surface area contributed by atoms with Crippen LogP contribution in [0.2, 0.25) is 0 Å². The molecular formula is C18H22Br2O8. The Morgan fingerprint density at radius 3 is 1.14 bits per heavy atom. The third-order valence-electron chi connectivity index (χ3n) is 4.61. The SMILES string of the molecule is COC(=O)C1(C(=O)OC)C/C=C\CC(C(=O)OC)(C(=O)OC)C/C(Br)=C(/Br)C1. The van der Waals surface area contributed by atoms with Crippen molar-refractivity contribution >= 4 is 55.7 Å². The van der Waals surface area contributed by atoms with Gasteiger partial charge in [-0.15, -0.1) is 0 Å². The molecule has 0 unspecified atom stereocenters. The molecule has 0 aromatic carbocycles. The van der Waals surface area contributed by atoms with Crippen LogP contribution in [0.15, 0.2) is 21.1 Å². The van der Waals surface area contributed by atoms with Crippen LogP contribution in [0.1, 0.15) is 25.7 Å². The molecule has 0 aliphatic heterocycles. The minimum absolute atomic E-state index is 0.0554. The highest BCUT2D eigenvalue weighted by Crippen LogP contribution is 2.44. The highest BCUT2D eigenvalue weighted by molar-refractivity contribution is 9.14. The Balaban J connectivity index is 3.56. The van der Waals surface area contributed by atoms with Gasteiger partial charge in [0.05, 0.1) is 28.4 Å². The first-order chi connectivity index (χ1) is 13.1. The number of hydrogen-bond acceptors (Lipinski definition) is 8. The zero-order valence-corrected chi connectivity index (χ0v) is 19.2. The van der Waals surface area contributed by atoms with Gasteiger partial charge in [-0.25, -0.2) is 0 Å². The van der Waals surface area contributed by atoms with Crippen LogP contribution in [0.4, 0.5) is 0 Å². The summed E-state index contributed by atoms with van der Waals surface area (Å²) >= 11 is 6.70. The highest BCUT2D eigenvalue weighted by Gasteiger charge is 2.51. The van der Waals surface area contributed by atoms with Crippen LogP contribution in [0.25, 0.3) is 0 Å². The molecule has 0 amide bonds. The normalized spacial score (nSPS) is 22.4. The van der Waals surface area contributed by atoms with Crippen LogP contribution in [0, 0.1) is 10.8 Å². The molecule has 0 saturated carbocycles. The molecule has 1 aliphatic carbocycles. The van der Waals surface area contributed by atoms with Crippen LogP contribution >= 0.6 is 31.9 Å². The summed E-state index contributed by atoms with van der Waals surface area (Å²) in [6.07, 6.45) is 2.76. The summed E-state index contributed by atoms with van der Waals surface area (Å²) in [5.74, 6) is -3.02. The number of hydrogen-bond donors (Lipinski definition) is 0. The lowest BCUT2D eigenvalue weighted by molar-refractivity contribution is -0.171. The minimum atomic E-state index is -1.62. The first-order valence-corrected chi connectivity index (χ1v) is 9.75. The predicted molar refractivity (Wildman–Crippen MR) is 105 cm³/mol. The number of rotatable bonds is 4. The van der Waals surface area contributed by atoms with E-state index in [1.54, 1.807) is 0 Å². The maximum Gasteiger partial charge on any atom is 0.323 e. The number of halogens is 2. The number of methoxy groups -OCH3 is 4. The molecule has 0 heterocycles. The monoisotopic (exact) mass is 524 g/mol. The van der Waals surface area contributed by atoms with Crippen LogP contribution in [0.3, 0.4) is 0 Å². The molecule has 0 radical (unpaired) electrons. The van der Waals surface area contributed by atoms with Gasteiger partial charge in [-0.3, -0.25) is 19.2 Å². The lowest BCUT2D eigenvalue weighted by Crippen LogP contribution is -2.43. The van der Waals surface area contributed by atoms with Gasteiger partial charge in [0, 0.05) is 21.8 Å². The Kier molecular flexibility index (Phi) is 8.87. The van der Waals surface area contributed by atoms with E-state index in [0.29, 0.717) is 8.96 Å². The molecule has 0 N–H and O–H groups in total. The molecule has 0 spiro atoms. The number of carbonyl (C=O) groups excluding carboxylic acids is 4. The fraction of sp³-hybridized carbons (Fsp3) is 0.556. The topological polar surface area (TPSA) is 105 Å². The number of ether oxygens (including phenoxy) is 4. The van der Waals surface area contributed by atoms with Crippen molar-refractivity contribution in [1.82, 2.24) is 0 Å². The quantitative estimate of drug-likeness (QED) is 0.239. The third-order valence-corrected chi connectivity index (χ3v) is 6.66. The van der Waals surface area contributed by atoms with Crippen molar-refractivity contribution in [1.29, 1.82) is 0 Å². The second kappa shape index (κ2) is 10.2. The molecule has 10 heteroatoms. The van der Waals surface area contributed by atoms with Crippen LogP contribution < -0.4 is 0 Å². The molecule has 1 aliphatic rings. The van der Waals surface area contributed by atoms with Gasteiger partial charge in [-0.1, -0.05) is 44.0 Å². The molecule has 8 nitrogen and oxygen atoms in total. The Morgan fingerprint density at radius 1 is 0.679 bits per heavy atom. The standard InChI is InChI=1S/C18H22Br2O8/c1-25-13(21)17(14(22)26-2)7-5-6-8-18(15(23)27-3,16(24)28-4)10-12(20)11(19)9-17/h5-6H,7-10H2,1-4H3/b6-5-,12-11-. The smallest absolute Gasteiger partial charge is 0.323 e. The van der Waals surface area contributed by atoms with Gasteiger partial charge >= 0.3 is 23.9 Å². The van der Waals surface area contributed by atoms with E-state index in [0.717, 1.165) is 0 Å². The Hall–Kier alpha value is -1.68. The molecule has 0 atom stereocenters. The maximum atomic E-state index is 12.5. The molecule has 0 aromatic heterocycles. The summed E-state index contributed by atoms with van der Waals surface area (Å²) in [5.41, 5.74) is -3.23. The van der Waals surface area contributed by atoms with Crippen molar-refractivity contribution < 1.29 is 38.1 Å². The summed E-state index contributed by atoms with van der Waals surface area (Å²) in [5, 5.41) is 0. The van der Waals surface area contributed by atoms with Gasteiger partial charge in [0.2, 0.25) is 0 Å². The highest BCUT2D eigenvalue weighted by atomic mass is 79.9. The van der Waals surface area contributed by atoms with E-state index in [9.17, 15) is 19.2 Å². The zero-order chi connectivity index (χ0) is 21.5. The van der Waals surface area contributed by atoms with E-state index < -0.39 is 34.7 Å². The molecule has 0 saturated heterocycles. The first kappa shape index (κ1) is 24.4. The maximum absolute atomic E-state index is 12.5. The molecule has 28 heavy (non-hydrogen) atoms. The average Bonchev–Trinajstić information content (AvgIpc) is 2.71. The van der Waals surface area contributed by atoms with Gasteiger partial charge in [-0.05, 0) is 12.8 Å². The van der Waals surface area contributed by atoms with E-state index in [4.69, 9.17) is 18.9 Å². The van der Waals surface area contributed by atoms with Crippen molar-refractivity contribution in [3.05, 3.63) is 21.1 Å². The molecule has 0 aromatic rings. The predicted octanol–water partition coefficient (Wildman–Crippen LogP) is 2.78. The second-order valence-electron chi connectivity index (χ2n) is 6.17. The largest absolute Gasteiger partial charge is 0.468 e. The van der Waals surface area contributed by atoms with E-state index in [-0.39, 0.29) is 25.7 Å². The summed E-state index contributed by atoms with van der Waals surface area (Å²) in [4.78, 5) is 49.9. The van der Waals surface area contributed by atoms with E-state index in [2.05, 4.69) is 31.9 Å². The van der Waals surface area contributed by atoms with Gasteiger partial charge in [0.1, 0.15) is 0 Å². The average molecular weight is 526 g/mol. The van der Waals surface area contributed by atoms with Crippen molar-refractivity contribution in [3.8, 4) is 0 Å². The first-order valence-electron chi connectivity index (χ1n) is 8.17. The van der Waals surface area contributed by atoms with E-state index >= 15 is 0 Å². The van der Waals surface area contributed by atoms with Gasteiger partial charge < -0.3 is 18.9 Å². The third kappa shape index (κ3) is 4.65. The number of carbonyl (C=O) groups is 4. The Bertz CT molecular complexity index is 620. The number of allylic oxidation sites excluding steroid dienone is 4. The fourth-order valence-electron chi connectivity index (χ4n) is 3.01. The zero-order valence-electron chi connectivity index (χ0n) is 16.0. The fourth-order valence-corrected chi connectivity index (χ4v) is 4.24. The molecule has 0 fully saturated rings. The lowest BCUT2D eigenvalue weighted by atomic mass is 9.76. The van der Waals surface area contributed by atoms with Gasteiger partial charge in [0.25, 0.3) is 0 Å². The second-order valence-corrected chi connectivity index (χ2v) is 8.09. The van der Waals surface area contributed by atoms with Crippen LogP contribution in [-0.2, 0) is 38.1 Å². The van der Waals surface area contributed by atoms with Crippen molar-refractivity contribution in [3.63, 3.8) is 0 Å². The van der Waals surface area contributed by atoms with Crippen molar-refractivity contribution in [2.45, 2.75) is 25.7 Å². The minimum Gasteiger partial charge on any atom is -0.468 e. The molecular weight excluding hydrogens is 504 g/mol. The van der Waals surface area contributed by atoms with Gasteiger partial charge in [0.15, 0.2) is 10.8 Å². The molecule has 156 valence electrons. The van der Waals surface area contributed by atoms with E-state index in [1.165, 1.54) is 40.6 Å². The van der Waals surface area contributed by atoms with Crippen LogP contribution in [0.5, 0.6) is 0 Å². The van der Waals surface area contributed by atoms with Crippen LogP contribution in [-0.4, -0.2) is 52.3 Å².